The van der Waals surface area contributed by atoms with Crippen LogP contribution in [0.15, 0.2) is 36.4 Å². The third-order valence-electron chi connectivity index (χ3n) is 5.10. The third kappa shape index (κ3) is 2.97. The number of hydrogen-bond acceptors (Lipinski definition) is 6. The lowest BCUT2D eigenvalue weighted by Gasteiger charge is -2.25. The molecule has 2 saturated heterocycles. The topological polar surface area (TPSA) is 102 Å². The van der Waals surface area contributed by atoms with Crippen LogP contribution in [-0.2, 0) is 0 Å². The van der Waals surface area contributed by atoms with Crippen LogP contribution in [-0.4, -0.2) is 50.5 Å². The molecule has 2 aliphatic heterocycles. The average molecular weight is 414 g/mol. The maximum Gasteiger partial charge on any atom is 0.340 e. The quantitative estimate of drug-likeness (QED) is 0.753. The first kappa shape index (κ1) is 19.5. The van der Waals surface area contributed by atoms with E-state index in [1.807, 2.05) is 0 Å². The van der Waals surface area contributed by atoms with Crippen molar-refractivity contribution in [3.63, 3.8) is 0 Å². The Morgan fingerprint density at radius 1 is 0.633 bits per heavy atom. The minimum absolute atomic E-state index is 0.409. The van der Waals surface area contributed by atoms with E-state index >= 15 is 0 Å². The van der Waals surface area contributed by atoms with Gasteiger partial charge in [0, 0.05) is 11.1 Å². The second-order valence-electron chi connectivity index (χ2n) is 6.62. The van der Waals surface area contributed by atoms with Crippen molar-refractivity contribution in [2.24, 2.45) is 0 Å². The fourth-order valence-electron chi connectivity index (χ4n) is 3.66. The molecule has 30 heavy (non-hydrogen) atoms. The van der Waals surface area contributed by atoms with E-state index in [1.165, 1.54) is 38.5 Å². The van der Waals surface area contributed by atoms with Crippen LogP contribution < -0.4 is 29.6 Å². The first-order valence-corrected chi connectivity index (χ1v) is 9.15. The molecule has 2 heterocycles. The van der Waals surface area contributed by atoms with Crippen LogP contribution >= 0.6 is 0 Å². The van der Waals surface area contributed by atoms with Crippen LogP contribution in [0.1, 0.15) is 23.5 Å². The highest BCUT2D eigenvalue weighted by Gasteiger charge is 2.51. The Morgan fingerprint density at radius 2 is 1.00 bits per heavy atom. The molecule has 10 heteroatoms. The standard InChI is InChI=1S/C20H22N4O6/c1-27-13-7-5-11(9-15(13)29-3)17-21-19(25)24-18(22-20(26)23(17)24)12-6-8-14(28-2)16(10-12)30-4/h5-10,17-18H,1-4H3,(H,21,25)(H,22,26)/t17-,18-/m1/s1. The van der Waals surface area contributed by atoms with Gasteiger partial charge in [-0.3, -0.25) is 0 Å². The van der Waals surface area contributed by atoms with Gasteiger partial charge >= 0.3 is 12.1 Å². The van der Waals surface area contributed by atoms with E-state index < -0.39 is 24.4 Å². The molecule has 0 aliphatic carbocycles. The number of methoxy groups -OCH3 is 4. The Hall–Kier alpha value is -3.82. The number of hydrazine groups is 1. The molecule has 0 unspecified atom stereocenters. The number of fused-ring (bicyclic) bond motifs is 1. The Bertz CT molecular complexity index is 918. The summed E-state index contributed by atoms with van der Waals surface area (Å²) >= 11 is 0. The van der Waals surface area contributed by atoms with Gasteiger partial charge in [-0.2, -0.15) is 0 Å². The number of hydrogen-bond donors (Lipinski definition) is 2. The van der Waals surface area contributed by atoms with Crippen LogP contribution in [0.25, 0.3) is 0 Å². The molecule has 2 atom stereocenters. The molecule has 10 nitrogen and oxygen atoms in total. The summed E-state index contributed by atoms with van der Waals surface area (Å²) in [5.74, 6) is 2.10. The normalized spacial score (nSPS) is 19.9. The van der Waals surface area contributed by atoms with Crippen molar-refractivity contribution in [3.8, 4) is 23.0 Å². The maximum absolute atomic E-state index is 12.8. The Labute approximate surface area is 173 Å². The molecular weight excluding hydrogens is 392 g/mol. The number of benzene rings is 2. The van der Waals surface area contributed by atoms with Crippen molar-refractivity contribution in [1.29, 1.82) is 0 Å². The van der Waals surface area contributed by atoms with E-state index in [0.717, 1.165) is 0 Å². The predicted octanol–water partition coefficient (Wildman–Crippen LogP) is 2.38. The summed E-state index contributed by atoms with van der Waals surface area (Å²) in [5, 5.41) is 8.39. The molecule has 0 radical (unpaired) electrons. The third-order valence-corrected chi connectivity index (χ3v) is 5.10. The van der Waals surface area contributed by atoms with Crippen molar-refractivity contribution in [2.75, 3.05) is 28.4 Å². The van der Waals surface area contributed by atoms with Crippen molar-refractivity contribution in [3.05, 3.63) is 47.5 Å². The van der Waals surface area contributed by atoms with E-state index in [1.54, 1.807) is 36.4 Å². The Morgan fingerprint density at radius 3 is 1.33 bits per heavy atom. The highest BCUT2D eigenvalue weighted by atomic mass is 16.5. The van der Waals surface area contributed by atoms with E-state index in [0.29, 0.717) is 34.1 Å². The molecule has 2 fully saturated rings. The van der Waals surface area contributed by atoms with Crippen LogP contribution in [0.2, 0.25) is 0 Å². The molecular formula is C20H22N4O6. The van der Waals surface area contributed by atoms with Crippen LogP contribution in [0.3, 0.4) is 0 Å². The summed E-state index contributed by atoms with van der Waals surface area (Å²) in [4.78, 5) is 25.6. The van der Waals surface area contributed by atoms with Gasteiger partial charge in [0.05, 0.1) is 28.4 Å². The molecule has 2 N–H and O–H groups in total. The summed E-state index contributed by atoms with van der Waals surface area (Å²) in [6.45, 7) is 0. The van der Waals surface area contributed by atoms with E-state index in [2.05, 4.69) is 10.6 Å². The van der Waals surface area contributed by atoms with Crippen molar-refractivity contribution < 1.29 is 28.5 Å². The summed E-state index contributed by atoms with van der Waals surface area (Å²) in [5.41, 5.74) is 1.35. The largest absolute Gasteiger partial charge is 0.493 e. The van der Waals surface area contributed by atoms with E-state index in [9.17, 15) is 9.59 Å². The van der Waals surface area contributed by atoms with E-state index in [-0.39, 0.29) is 0 Å². The minimum atomic E-state index is -0.692. The number of amides is 4. The number of nitrogens with one attached hydrogen (secondary N) is 2. The molecule has 2 aromatic rings. The maximum atomic E-state index is 12.8. The summed E-state index contributed by atoms with van der Waals surface area (Å²) in [6.07, 6.45) is -1.38. The second-order valence-corrected chi connectivity index (χ2v) is 6.62. The fraction of sp³-hybridized carbons (Fsp3) is 0.300. The van der Waals surface area contributed by atoms with Gasteiger partial charge in [-0.25, -0.2) is 19.6 Å². The smallest absolute Gasteiger partial charge is 0.340 e. The van der Waals surface area contributed by atoms with Gasteiger partial charge < -0.3 is 29.6 Å². The lowest BCUT2D eigenvalue weighted by molar-refractivity contribution is 0.0670. The average Bonchev–Trinajstić information content (AvgIpc) is 3.30. The van der Waals surface area contributed by atoms with Crippen molar-refractivity contribution >= 4 is 12.1 Å². The van der Waals surface area contributed by atoms with Crippen molar-refractivity contribution in [1.82, 2.24) is 20.7 Å². The van der Waals surface area contributed by atoms with Crippen molar-refractivity contribution in [2.45, 2.75) is 12.3 Å². The lowest BCUT2D eigenvalue weighted by Crippen LogP contribution is -2.36. The Kier molecular flexibility index (Phi) is 4.90. The molecule has 158 valence electrons. The number of carbonyl (C=O) groups excluding carboxylic acids is 2. The highest BCUT2D eigenvalue weighted by molar-refractivity contribution is 5.88. The van der Waals surface area contributed by atoms with Crippen LogP contribution in [0, 0.1) is 0 Å². The summed E-state index contributed by atoms with van der Waals surface area (Å²) < 4.78 is 21.2. The molecule has 0 spiro atoms. The molecule has 0 saturated carbocycles. The molecule has 4 amide bonds. The van der Waals surface area contributed by atoms with Crippen LogP contribution in [0.5, 0.6) is 23.0 Å². The number of ether oxygens (including phenoxy) is 4. The number of urea groups is 2. The number of nitrogens with zero attached hydrogens (tertiary/aromatic N) is 2. The SMILES string of the molecule is COc1ccc([C@@H]2NC(=O)N3[C@H](c4ccc(OC)c(OC)c4)NC(=O)N23)cc1OC. The summed E-state index contributed by atoms with van der Waals surface area (Å²) in [7, 11) is 6.13. The van der Waals surface area contributed by atoms with Crippen LogP contribution in [0.4, 0.5) is 9.59 Å². The van der Waals surface area contributed by atoms with Gasteiger partial charge in [-0.15, -0.1) is 0 Å². The molecule has 0 bridgehead atoms. The van der Waals surface area contributed by atoms with Gasteiger partial charge in [0.25, 0.3) is 0 Å². The zero-order chi connectivity index (χ0) is 21.4. The highest BCUT2D eigenvalue weighted by Crippen LogP contribution is 2.40. The molecule has 0 aromatic heterocycles. The lowest BCUT2D eigenvalue weighted by atomic mass is 10.1. The van der Waals surface area contributed by atoms with E-state index in [4.69, 9.17) is 18.9 Å². The number of carbonyl (C=O) groups is 2. The van der Waals surface area contributed by atoms with Gasteiger partial charge in [0.15, 0.2) is 35.3 Å². The van der Waals surface area contributed by atoms with Gasteiger partial charge in [0.2, 0.25) is 0 Å². The first-order valence-electron chi connectivity index (χ1n) is 9.15. The predicted molar refractivity (Wildman–Crippen MR) is 105 cm³/mol. The van der Waals surface area contributed by atoms with Gasteiger partial charge in [-0.05, 0) is 24.3 Å². The number of rotatable bonds is 6. The Balaban J connectivity index is 1.68. The zero-order valence-electron chi connectivity index (χ0n) is 17.0. The van der Waals surface area contributed by atoms with Gasteiger partial charge in [-0.1, -0.05) is 12.1 Å². The second kappa shape index (κ2) is 7.54. The summed E-state index contributed by atoms with van der Waals surface area (Å²) in [6, 6.07) is 9.63. The van der Waals surface area contributed by atoms with Gasteiger partial charge in [0.1, 0.15) is 0 Å². The molecule has 4 rings (SSSR count). The fourth-order valence-corrected chi connectivity index (χ4v) is 3.66. The first-order chi connectivity index (χ1) is 14.5. The molecule has 2 aliphatic rings. The molecule has 2 aromatic carbocycles. The minimum Gasteiger partial charge on any atom is -0.493 e. The monoisotopic (exact) mass is 414 g/mol. The zero-order valence-corrected chi connectivity index (χ0v) is 17.0.